The van der Waals surface area contributed by atoms with Crippen LogP contribution in [0.5, 0.6) is 5.75 Å². The van der Waals surface area contributed by atoms with Crippen molar-refractivity contribution in [3.63, 3.8) is 0 Å². The minimum Gasteiger partial charge on any atom is -0.505 e. The summed E-state index contributed by atoms with van der Waals surface area (Å²) in [5.74, 6) is -1.54. The van der Waals surface area contributed by atoms with Gasteiger partial charge < -0.3 is 10.2 Å². The molecule has 0 amide bonds. The number of fused-ring (bicyclic) bond motifs is 1. The Bertz CT molecular complexity index is 513. The van der Waals surface area contributed by atoms with E-state index in [0.717, 1.165) is 5.39 Å². The van der Waals surface area contributed by atoms with E-state index in [0.29, 0.717) is 5.52 Å². The number of aromatic nitrogens is 1. The molecule has 0 atom stereocenters. The summed E-state index contributed by atoms with van der Waals surface area (Å²) in [5, 5.41) is 18.8. The SMILES string of the molecule is O=C(O)c1nc2ccccc2cc1O.[Cu]. The van der Waals surface area contributed by atoms with Crippen molar-refractivity contribution in [1.82, 2.24) is 4.98 Å². The zero-order valence-corrected chi connectivity index (χ0v) is 8.38. The summed E-state index contributed by atoms with van der Waals surface area (Å²) in [7, 11) is 0. The Hall–Kier alpha value is -1.58. The Labute approximate surface area is 96.0 Å². The van der Waals surface area contributed by atoms with Crippen molar-refractivity contribution in [3.8, 4) is 5.75 Å². The molecular weight excluding hydrogens is 246 g/mol. The zero-order chi connectivity index (χ0) is 10.1. The number of aromatic carboxylic acids is 1. The van der Waals surface area contributed by atoms with Crippen LogP contribution in [0.2, 0.25) is 0 Å². The Morgan fingerprint density at radius 3 is 2.60 bits per heavy atom. The second kappa shape index (κ2) is 4.29. The molecule has 0 aliphatic heterocycles. The Morgan fingerprint density at radius 1 is 1.27 bits per heavy atom. The van der Waals surface area contributed by atoms with E-state index in [-0.39, 0.29) is 28.5 Å². The monoisotopic (exact) mass is 252 g/mol. The topological polar surface area (TPSA) is 70.4 Å². The van der Waals surface area contributed by atoms with Gasteiger partial charge in [-0.05, 0) is 12.1 Å². The third kappa shape index (κ3) is 2.09. The third-order valence-corrected chi connectivity index (χ3v) is 1.91. The zero-order valence-electron chi connectivity index (χ0n) is 7.44. The normalized spacial score (nSPS) is 9.60. The number of para-hydroxylation sites is 1. The molecule has 1 aromatic carbocycles. The van der Waals surface area contributed by atoms with Gasteiger partial charge in [-0.1, -0.05) is 18.2 Å². The van der Waals surface area contributed by atoms with E-state index in [2.05, 4.69) is 4.98 Å². The Kier molecular flexibility index (Phi) is 3.29. The van der Waals surface area contributed by atoms with E-state index < -0.39 is 5.97 Å². The van der Waals surface area contributed by atoms with Crippen molar-refractivity contribution >= 4 is 16.9 Å². The van der Waals surface area contributed by atoms with Gasteiger partial charge in [0.05, 0.1) is 5.52 Å². The summed E-state index contributed by atoms with van der Waals surface area (Å²) in [4.78, 5) is 14.5. The first-order valence-corrected chi connectivity index (χ1v) is 4.00. The fourth-order valence-corrected chi connectivity index (χ4v) is 1.26. The molecular formula is C10H7CuNO3. The van der Waals surface area contributed by atoms with Gasteiger partial charge in [-0.15, -0.1) is 0 Å². The van der Waals surface area contributed by atoms with Crippen LogP contribution in [0.3, 0.4) is 0 Å². The second-order valence-electron chi connectivity index (χ2n) is 2.85. The summed E-state index contributed by atoms with van der Waals surface area (Å²) in [6, 6.07) is 8.41. The van der Waals surface area contributed by atoms with Crippen molar-refractivity contribution in [2.75, 3.05) is 0 Å². The Balaban J connectivity index is 0.00000112. The van der Waals surface area contributed by atoms with Crippen LogP contribution in [0.4, 0.5) is 0 Å². The average molecular weight is 253 g/mol. The molecule has 2 rings (SSSR count). The van der Waals surface area contributed by atoms with Gasteiger partial charge in [-0.2, -0.15) is 0 Å². The first kappa shape index (κ1) is 11.5. The Morgan fingerprint density at radius 2 is 1.93 bits per heavy atom. The van der Waals surface area contributed by atoms with E-state index in [9.17, 15) is 9.90 Å². The predicted molar refractivity (Wildman–Crippen MR) is 50.4 cm³/mol. The molecule has 4 nitrogen and oxygen atoms in total. The van der Waals surface area contributed by atoms with Gasteiger partial charge in [0, 0.05) is 22.5 Å². The van der Waals surface area contributed by atoms with E-state index in [1.54, 1.807) is 24.3 Å². The van der Waals surface area contributed by atoms with Gasteiger partial charge in [0.2, 0.25) is 0 Å². The molecule has 0 saturated carbocycles. The number of carbonyl (C=O) groups is 1. The molecule has 0 unspecified atom stereocenters. The van der Waals surface area contributed by atoms with E-state index >= 15 is 0 Å². The maximum Gasteiger partial charge on any atom is 0.358 e. The number of rotatable bonds is 1. The molecule has 1 aromatic heterocycles. The van der Waals surface area contributed by atoms with Crippen LogP contribution in [0.25, 0.3) is 10.9 Å². The fraction of sp³-hybridized carbons (Fsp3) is 0. The van der Waals surface area contributed by atoms with Gasteiger partial charge in [0.15, 0.2) is 5.69 Å². The molecule has 2 N–H and O–H groups in total. The number of hydrogen-bond donors (Lipinski definition) is 2. The number of aromatic hydroxyl groups is 1. The minimum atomic E-state index is -1.23. The summed E-state index contributed by atoms with van der Waals surface area (Å²) < 4.78 is 0. The van der Waals surface area contributed by atoms with Crippen molar-refractivity contribution in [1.29, 1.82) is 0 Å². The van der Waals surface area contributed by atoms with Crippen molar-refractivity contribution in [2.45, 2.75) is 0 Å². The van der Waals surface area contributed by atoms with E-state index in [4.69, 9.17) is 5.11 Å². The van der Waals surface area contributed by atoms with Gasteiger partial charge in [-0.3, -0.25) is 0 Å². The maximum atomic E-state index is 10.6. The van der Waals surface area contributed by atoms with Crippen molar-refractivity contribution in [2.24, 2.45) is 0 Å². The predicted octanol–water partition coefficient (Wildman–Crippen LogP) is 1.64. The molecule has 0 aliphatic carbocycles. The molecule has 2 aromatic rings. The molecule has 1 radical (unpaired) electrons. The molecule has 0 bridgehead atoms. The van der Waals surface area contributed by atoms with Crippen molar-refractivity contribution in [3.05, 3.63) is 36.0 Å². The van der Waals surface area contributed by atoms with Crippen LogP contribution in [0.15, 0.2) is 30.3 Å². The molecule has 81 valence electrons. The molecule has 0 aliphatic rings. The quantitative estimate of drug-likeness (QED) is 0.757. The molecule has 15 heavy (non-hydrogen) atoms. The first-order valence-electron chi connectivity index (χ1n) is 4.00. The van der Waals surface area contributed by atoms with Crippen molar-refractivity contribution < 1.29 is 32.1 Å². The second-order valence-corrected chi connectivity index (χ2v) is 2.85. The number of carboxylic acid groups (broad SMARTS) is 1. The first-order chi connectivity index (χ1) is 6.68. The fourth-order valence-electron chi connectivity index (χ4n) is 1.26. The molecule has 0 fully saturated rings. The molecule has 5 heteroatoms. The summed E-state index contributed by atoms with van der Waals surface area (Å²) in [6.07, 6.45) is 0. The number of carboxylic acids is 1. The van der Waals surface area contributed by atoms with Crippen LogP contribution in [-0.2, 0) is 17.1 Å². The third-order valence-electron chi connectivity index (χ3n) is 1.91. The van der Waals surface area contributed by atoms with Crippen LogP contribution in [0.1, 0.15) is 10.5 Å². The largest absolute Gasteiger partial charge is 0.505 e. The smallest absolute Gasteiger partial charge is 0.358 e. The van der Waals surface area contributed by atoms with Crippen LogP contribution >= 0.6 is 0 Å². The van der Waals surface area contributed by atoms with Gasteiger partial charge >= 0.3 is 5.97 Å². The number of nitrogens with zero attached hydrogens (tertiary/aromatic N) is 1. The van der Waals surface area contributed by atoms with Crippen LogP contribution in [-0.4, -0.2) is 21.2 Å². The standard InChI is InChI=1S/C10H7NO3.Cu/c12-8-5-6-3-1-2-4-7(6)11-9(8)10(13)14;/h1-5,12H,(H,13,14);. The molecule has 1 heterocycles. The van der Waals surface area contributed by atoms with Gasteiger partial charge in [0.1, 0.15) is 5.75 Å². The van der Waals surface area contributed by atoms with E-state index in [1.165, 1.54) is 6.07 Å². The number of pyridine rings is 1. The summed E-state index contributed by atoms with van der Waals surface area (Å²) in [6.45, 7) is 0. The molecule has 0 spiro atoms. The number of benzene rings is 1. The van der Waals surface area contributed by atoms with Crippen LogP contribution in [0, 0.1) is 0 Å². The minimum absolute atomic E-state index is 0. The molecule has 0 saturated heterocycles. The van der Waals surface area contributed by atoms with E-state index in [1.807, 2.05) is 0 Å². The van der Waals surface area contributed by atoms with Crippen LogP contribution < -0.4 is 0 Å². The average Bonchev–Trinajstić information content (AvgIpc) is 2.16. The summed E-state index contributed by atoms with van der Waals surface area (Å²) >= 11 is 0. The summed E-state index contributed by atoms with van der Waals surface area (Å²) in [5.41, 5.74) is 0.242. The number of hydrogen-bond acceptors (Lipinski definition) is 3. The van der Waals surface area contributed by atoms with Gasteiger partial charge in [-0.25, -0.2) is 9.78 Å². The maximum absolute atomic E-state index is 10.6. The van der Waals surface area contributed by atoms with Gasteiger partial charge in [0.25, 0.3) is 0 Å².